The quantitative estimate of drug-likeness (QED) is 0.907. The van der Waals surface area contributed by atoms with Crippen molar-refractivity contribution < 1.29 is 13.6 Å². The van der Waals surface area contributed by atoms with E-state index in [9.17, 15) is 13.6 Å². The van der Waals surface area contributed by atoms with E-state index in [1.54, 1.807) is 17.0 Å². The number of amides is 2. The van der Waals surface area contributed by atoms with Crippen LogP contribution in [0.25, 0.3) is 0 Å². The highest BCUT2D eigenvalue weighted by Gasteiger charge is 2.39. The number of hydrogen-bond acceptors (Lipinski definition) is 2. The highest BCUT2D eigenvalue weighted by Crippen LogP contribution is 2.44. The molecule has 1 N–H and O–H groups in total. The van der Waals surface area contributed by atoms with Gasteiger partial charge in [0.05, 0.1) is 12.2 Å². The van der Waals surface area contributed by atoms with Gasteiger partial charge < -0.3 is 5.32 Å². The van der Waals surface area contributed by atoms with Crippen LogP contribution in [0.3, 0.4) is 0 Å². The number of imidazole rings is 1. The van der Waals surface area contributed by atoms with Gasteiger partial charge in [0.2, 0.25) is 0 Å². The molecule has 0 fully saturated rings. The average molecular weight is 355 g/mol. The lowest BCUT2D eigenvalue weighted by molar-refractivity contribution is 0.0667. The first-order valence-electron chi connectivity index (χ1n) is 7.45. The lowest BCUT2D eigenvalue weighted by Gasteiger charge is -2.21. The predicted octanol–water partition coefficient (Wildman–Crippen LogP) is 3.94. The zero-order valence-corrected chi connectivity index (χ0v) is 14.0. The highest BCUT2D eigenvalue weighted by molar-refractivity contribution is 6.32. The van der Waals surface area contributed by atoms with Crippen molar-refractivity contribution in [1.82, 2.24) is 14.9 Å². The minimum Gasteiger partial charge on any atom is -0.330 e. The molecule has 0 saturated carbocycles. The molecule has 1 aliphatic heterocycles. The predicted molar refractivity (Wildman–Crippen MR) is 87.5 cm³/mol. The van der Waals surface area contributed by atoms with Crippen LogP contribution in [0, 0.1) is 0 Å². The van der Waals surface area contributed by atoms with E-state index >= 15 is 0 Å². The maximum Gasteiger partial charge on any atom is 0.322 e. The molecule has 0 unspecified atom stereocenters. The van der Waals surface area contributed by atoms with Crippen molar-refractivity contribution >= 4 is 23.3 Å². The molecule has 128 valence electrons. The minimum atomic E-state index is -2.69. The van der Waals surface area contributed by atoms with E-state index in [0.29, 0.717) is 11.6 Å². The van der Waals surface area contributed by atoms with Crippen molar-refractivity contribution in [2.24, 2.45) is 0 Å². The Morgan fingerprint density at radius 1 is 1.46 bits per heavy atom. The summed E-state index contributed by atoms with van der Waals surface area (Å²) in [6, 6.07) is 5.04. The maximum absolute atomic E-state index is 12.8. The third-order valence-corrected chi connectivity index (χ3v) is 4.43. The van der Waals surface area contributed by atoms with Gasteiger partial charge in [0.1, 0.15) is 5.82 Å². The third kappa shape index (κ3) is 2.84. The van der Waals surface area contributed by atoms with E-state index in [1.807, 2.05) is 19.9 Å². The van der Waals surface area contributed by atoms with Crippen molar-refractivity contribution in [1.29, 1.82) is 0 Å². The lowest BCUT2D eigenvalue weighted by Crippen LogP contribution is -2.41. The summed E-state index contributed by atoms with van der Waals surface area (Å²) >= 11 is 6.28. The molecule has 0 spiro atoms. The van der Waals surface area contributed by atoms with Crippen molar-refractivity contribution in [3.05, 3.63) is 47.0 Å². The SMILES string of the molecule is CC1(C)CN(C(=O)NCc2nccn2C(F)F)c2cccc(Cl)c21. The molecule has 0 atom stereocenters. The fraction of sp³-hybridized carbons (Fsp3) is 0.375. The number of fused-ring (bicyclic) bond motifs is 1. The summed E-state index contributed by atoms with van der Waals surface area (Å²) in [4.78, 5) is 18.0. The van der Waals surface area contributed by atoms with Gasteiger partial charge in [-0.3, -0.25) is 9.47 Å². The molecule has 2 amide bonds. The summed E-state index contributed by atoms with van der Waals surface area (Å²) in [6.07, 6.45) is 2.46. The molecule has 0 saturated heterocycles. The van der Waals surface area contributed by atoms with Crippen molar-refractivity contribution in [2.75, 3.05) is 11.4 Å². The van der Waals surface area contributed by atoms with Crippen LogP contribution in [-0.4, -0.2) is 22.1 Å². The van der Waals surface area contributed by atoms with Gasteiger partial charge in [-0.05, 0) is 12.1 Å². The Hall–Kier alpha value is -2.15. The molecule has 1 aromatic carbocycles. The standard InChI is InChI=1S/C16H17ClF2N4O/c1-16(2)9-23(11-5-3-4-10(17)13(11)16)15(24)21-8-12-20-6-7-22(12)14(18)19/h3-7,14H,8-9H2,1-2H3,(H,21,24). The van der Waals surface area contributed by atoms with Crippen molar-refractivity contribution in [2.45, 2.75) is 32.4 Å². The largest absolute Gasteiger partial charge is 0.330 e. The first kappa shape index (κ1) is 16.7. The van der Waals surface area contributed by atoms with Crippen molar-refractivity contribution in [3.8, 4) is 0 Å². The Kier molecular flexibility index (Phi) is 4.21. The second-order valence-electron chi connectivity index (χ2n) is 6.29. The molecule has 5 nitrogen and oxygen atoms in total. The van der Waals surface area contributed by atoms with Gasteiger partial charge >= 0.3 is 12.6 Å². The van der Waals surface area contributed by atoms with Crippen LogP contribution >= 0.6 is 11.6 Å². The van der Waals surface area contributed by atoms with Gasteiger partial charge in [0, 0.05) is 34.9 Å². The number of carbonyl (C=O) groups excluding carboxylic acids is 1. The number of alkyl halides is 2. The van der Waals surface area contributed by atoms with Crippen LogP contribution < -0.4 is 10.2 Å². The van der Waals surface area contributed by atoms with Gasteiger partial charge in [-0.2, -0.15) is 8.78 Å². The fourth-order valence-corrected chi connectivity index (χ4v) is 3.48. The minimum absolute atomic E-state index is 0.0804. The molecule has 2 heterocycles. The van der Waals surface area contributed by atoms with E-state index in [4.69, 9.17) is 11.6 Å². The number of rotatable bonds is 3. The molecule has 8 heteroatoms. The fourth-order valence-electron chi connectivity index (χ4n) is 3.06. The molecule has 1 aromatic heterocycles. The first-order chi connectivity index (χ1) is 11.3. The molecule has 0 bridgehead atoms. The Bertz CT molecular complexity index is 775. The number of halogens is 3. The van der Waals surface area contributed by atoms with Crippen LogP contribution in [0.2, 0.25) is 5.02 Å². The van der Waals surface area contributed by atoms with Gasteiger partial charge in [-0.1, -0.05) is 31.5 Å². The summed E-state index contributed by atoms with van der Waals surface area (Å²) in [6.45, 7) is 1.71. The van der Waals surface area contributed by atoms with Crippen LogP contribution in [0.15, 0.2) is 30.6 Å². The van der Waals surface area contributed by atoms with Crippen LogP contribution in [0.4, 0.5) is 19.3 Å². The number of carbonyl (C=O) groups is 1. The summed E-state index contributed by atoms with van der Waals surface area (Å²) in [5.74, 6) is 0.100. The monoisotopic (exact) mass is 354 g/mol. The van der Waals surface area contributed by atoms with E-state index in [0.717, 1.165) is 15.8 Å². The number of nitrogens with one attached hydrogen (secondary N) is 1. The number of aromatic nitrogens is 2. The average Bonchev–Trinajstić information content (AvgIpc) is 3.08. The zero-order chi connectivity index (χ0) is 17.5. The summed E-state index contributed by atoms with van der Waals surface area (Å²) < 4.78 is 26.4. The number of hydrogen-bond donors (Lipinski definition) is 1. The highest BCUT2D eigenvalue weighted by atomic mass is 35.5. The van der Waals surface area contributed by atoms with Crippen LogP contribution in [-0.2, 0) is 12.0 Å². The van der Waals surface area contributed by atoms with Crippen molar-refractivity contribution in [3.63, 3.8) is 0 Å². The van der Waals surface area contributed by atoms with Crippen LogP contribution in [0.5, 0.6) is 0 Å². The Labute approximate surface area is 143 Å². The van der Waals surface area contributed by atoms with Gasteiger partial charge in [0.15, 0.2) is 0 Å². The summed E-state index contributed by atoms with van der Waals surface area (Å²) in [5.41, 5.74) is 1.37. The summed E-state index contributed by atoms with van der Waals surface area (Å²) in [7, 11) is 0. The Morgan fingerprint density at radius 3 is 2.92 bits per heavy atom. The molecule has 0 aliphatic carbocycles. The molecule has 0 radical (unpaired) electrons. The van der Waals surface area contributed by atoms with Gasteiger partial charge in [0.25, 0.3) is 0 Å². The zero-order valence-electron chi connectivity index (χ0n) is 13.3. The number of nitrogens with zero attached hydrogens (tertiary/aromatic N) is 3. The molecule has 3 rings (SSSR count). The first-order valence-corrected chi connectivity index (χ1v) is 7.83. The normalized spacial score (nSPS) is 15.7. The lowest BCUT2D eigenvalue weighted by atomic mass is 9.87. The maximum atomic E-state index is 12.8. The molecule has 1 aliphatic rings. The Balaban J connectivity index is 1.78. The topological polar surface area (TPSA) is 50.2 Å². The second-order valence-corrected chi connectivity index (χ2v) is 6.70. The number of anilines is 1. The molecular weight excluding hydrogens is 338 g/mol. The van der Waals surface area contributed by atoms with Crippen LogP contribution in [0.1, 0.15) is 31.8 Å². The molecular formula is C16H17ClF2N4O. The van der Waals surface area contributed by atoms with Gasteiger partial charge in [-0.25, -0.2) is 9.78 Å². The number of urea groups is 1. The van der Waals surface area contributed by atoms with E-state index in [-0.39, 0.29) is 23.8 Å². The van der Waals surface area contributed by atoms with E-state index in [2.05, 4.69) is 10.3 Å². The third-order valence-electron chi connectivity index (χ3n) is 4.11. The number of benzene rings is 1. The second kappa shape index (κ2) is 6.05. The smallest absolute Gasteiger partial charge is 0.322 e. The molecule has 24 heavy (non-hydrogen) atoms. The Morgan fingerprint density at radius 2 is 2.21 bits per heavy atom. The summed E-state index contributed by atoms with van der Waals surface area (Å²) in [5, 5.41) is 3.26. The van der Waals surface area contributed by atoms with E-state index in [1.165, 1.54) is 12.4 Å². The van der Waals surface area contributed by atoms with E-state index < -0.39 is 6.55 Å². The molecule has 2 aromatic rings. The van der Waals surface area contributed by atoms with Gasteiger partial charge in [-0.15, -0.1) is 0 Å².